The van der Waals surface area contributed by atoms with Crippen molar-refractivity contribution in [2.24, 2.45) is 0 Å². The average Bonchev–Trinajstić information content (AvgIpc) is 3.10. The molecule has 0 amide bonds. The molecule has 0 aliphatic heterocycles. The van der Waals surface area contributed by atoms with Crippen LogP contribution in [0.1, 0.15) is 70.2 Å². The third-order valence-corrected chi connectivity index (χ3v) is 9.34. The van der Waals surface area contributed by atoms with E-state index in [1.807, 2.05) is 24.5 Å². The van der Waals surface area contributed by atoms with E-state index in [1.54, 1.807) is 0 Å². The maximum absolute atomic E-state index is 4.93. The molecule has 0 radical (unpaired) electrons. The zero-order chi connectivity index (χ0) is 33.5. The Bertz CT molecular complexity index is 2070. The zero-order valence-electron chi connectivity index (χ0n) is 28.9. The van der Waals surface area contributed by atoms with Crippen LogP contribution in [-0.2, 0) is 17.3 Å². The first-order valence-corrected chi connectivity index (χ1v) is 17.0. The number of rotatable bonds is 6. The van der Waals surface area contributed by atoms with Crippen LogP contribution in [0.4, 0.5) is 34.4 Å². The first kappa shape index (κ1) is 31.4. The fourth-order valence-corrected chi connectivity index (χ4v) is 6.78. The summed E-state index contributed by atoms with van der Waals surface area (Å²) < 4.78 is 0. The van der Waals surface area contributed by atoms with Gasteiger partial charge in [0, 0.05) is 40.1 Å². The Morgan fingerprint density at radius 3 is 1.44 bits per heavy atom. The van der Waals surface area contributed by atoms with Gasteiger partial charge in [-0.2, -0.15) is 0 Å². The van der Waals surface area contributed by atoms with Gasteiger partial charge < -0.3 is 0 Å². The number of aromatic nitrogens is 2. The van der Waals surface area contributed by atoms with E-state index in [9.17, 15) is 0 Å². The second-order valence-corrected chi connectivity index (χ2v) is 14.7. The van der Waals surface area contributed by atoms with E-state index in [0.717, 1.165) is 46.9 Å². The highest BCUT2D eigenvalue weighted by Gasteiger charge is 2.29. The molecule has 0 fully saturated rings. The van der Waals surface area contributed by atoms with E-state index in [2.05, 4.69) is 161 Å². The van der Waals surface area contributed by atoms with E-state index < -0.39 is 0 Å². The number of hydrogen-bond acceptors (Lipinski definition) is 4. The van der Waals surface area contributed by atoms with Gasteiger partial charge in [0.1, 0.15) is 11.6 Å². The highest BCUT2D eigenvalue weighted by atomic mass is 15.2. The number of pyridine rings is 2. The van der Waals surface area contributed by atoms with Gasteiger partial charge in [-0.25, -0.2) is 9.97 Å². The molecule has 1 aliphatic rings. The summed E-state index contributed by atoms with van der Waals surface area (Å²) in [6.45, 7) is 13.6. The standard InChI is InChI=1S/C44H44N4/c1-43(2,3)31-21-25-33(26-22-31)47(39-19-11-13-29-45-39)41-35-15-7-9-17-37(35)42(38-18-10-8-16-36(38)41)48(40-20-12-14-30-46-40)34-27-23-32(24-28-34)44(4,5)6/h7-9,11-17,19-30H,10,18H2,1-6H3. The van der Waals surface area contributed by atoms with Crippen LogP contribution in [-0.4, -0.2) is 9.97 Å². The summed E-state index contributed by atoms with van der Waals surface area (Å²) in [7, 11) is 0. The Kier molecular flexibility index (Phi) is 8.12. The van der Waals surface area contributed by atoms with Crippen LogP contribution in [0.25, 0.3) is 16.8 Å². The van der Waals surface area contributed by atoms with Crippen molar-refractivity contribution in [3.63, 3.8) is 0 Å². The number of anilines is 6. The number of fused-ring (bicyclic) bond motifs is 2. The van der Waals surface area contributed by atoms with Crippen molar-refractivity contribution < 1.29 is 0 Å². The second-order valence-electron chi connectivity index (χ2n) is 14.7. The molecule has 0 spiro atoms. The molecule has 2 aromatic heterocycles. The SMILES string of the molecule is CC(C)(C)c1ccc(N(c2ccccn2)c2c3c(c(N(c4ccc(C(C)(C)C)cc4)c4ccccn4)c4ccccc24)CCC=C3)cc1. The van der Waals surface area contributed by atoms with Crippen LogP contribution in [0, 0.1) is 0 Å². The minimum Gasteiger partial charge on any atom is -0.294 e. The second kappa shape index (κ2) is 12.4. The number of hydrogen-bond donors (Lipinski definition) is 0. The number of allylic oxidation sites excluding steroid dienone is 1. The Balaban J connectivity index is 1.53. The summed E-state index contributed by atoms with van der Waals surface area (Å²) >= 11 is 0. The fourth-order valence-electron chi connectivity index (χ4n) is 6.78. The highest BCUT2D eigenvalue weighted by molar-refractivity contribution is 6.12. The first-order valence-electron chi connectivity index (χ1n) is 17.0. The minimum absolute atomic E-state index is 0.0601. The van der Waals surface area contributed by atoms with Gasteiger partial charge in [0.05, 0.1) is 11.4 Å². The molecule has 4 aromatic carbocycles. The van der Waals surface area contributed by atoms with Gasteiger partial charge in [0.2, 0.25) is 0 Å². The molecule has 7 rings (SSSR count). The molecule has 0 saturated carbocycles. The van der Waals surface area contributed by atoms with Crippen molar-refractivity contribution in [1.29, 1.82) is 0 Å². The molecule has 4 heteroatoms. The van der Waals surface area contributed by atoms with Crippen LogP contribution in [0.2, 0.25) is 0 Å². The van der Waals surface area contributed by atoms with Crippen molar-refractivity contribution in [1.82, 2.24) is 9.97 Å². The smallest absolute Gasteiger partial charge is 0.137 e. The van der Waals surface area contributed by atoms with E-state index >= 15 is 0 Å². The summed E-state index contributed by atoms with van der Waals surface area (Å²) in [5.41, 5.74) is 9.76. The lowest BCUT2D eigenvalue weighted by molar-refractivity contribution is 0.590. The number of nitrogens with zero attached hydrogens (tertiary/aromatic N) is 4. The molecule has 48 heavy (non-hydrogen) atoms. The Morgan fingerprint density at radius 2 is 0.979 bits per heavy atom. The van der Waals surface area contributed by atoms with Crippen LogP contribution < -0.4 is 9.80 Å². The van der Waals surface area contributed by atoms with Crippen LogP contribution in [0.15, 0.2) is 128 Å². The Hall–Kier alpha value is -5.22. The zero-order valence-corrected chi connectivity index (χ0v) is 28.9. The van der Waals surface area contributed by atoms with E-state index in [4.69, 9.17) is 9.97 Å². The molecule has 240 valence electrons. The van der Waals surface area contributed by atoms with Gasteiger partial charge in [0.25, 0.3) is 0 Å². The molecule has 0 atom stereocenters. The van der Waals surface area contributed by atoms with Crippen molar-refractivity contribution in [2.75, 3.05) is 9.80 Å². The lowest BCUT2D eigenvalue weighted by Crippen LogP contribution is -2.20. The lowest BCUT2D eigenvalue weighted by Gasteiger charge is -2.35. The molecule has 0 unspecified atom stereocenters. The lowest BCUT2D eigenvalue weighted by atomic mass is 9.86. The van der Waals surface area contributed by atoms with Crippen molar-refractivity contribution >= 4 is 51.2 Å². The summed E-state index contributed by atoms with van der Waals surface area (Å²) in [4.78, 5) is 14.6. The normalized spacial score (nSPS) is 13.0. The molecule has 4 nitrogen and oxygen atoms in total. The fraction of sp³-hybridized carbons (Fsp3) is 0.227. The van der Waals surface area contributed by atoms with Crippen molar-refractivity contribution in [3.05, 3.63) is 150 Å². The molecule has 1 aliphatic carbocycles. The van der Waals surface area contributed by atoms with Crippen LogP contribution >= 0.6 is 0 Å². The largest absolute Gasteiger partial charge is 0.294 e. The Labute approximate surface area is 285 Å². The first-order chi connectivity index (χ1) is 23.1. The third kappa shape index (κ3) is 5.88. The average molecular weight is 629 g/mol. The van der Waals surface area contributed by atoms with Gasteiger partial charge in [-0.05, 0) is 88.9 Å². The highest BCUT2D eigenvalue weighted by Crippen LogP contribution is 2.51. The van der Waals surface area contributed by atoms with Crippen molar-refractivity contribution in [2.45, 2.75) is 65.2 Å². The quantitative estimate of drug-likeness (QED) is 0.172. The molecular formula is C44H44N4. The van der Waals surface area contributed by atoms with Gasteiger partial charge in [-0.1, -0.05) is 114 Å². The maximum atomic E-state index is 4.93. The predicted molar refractivity (Wildman–Crippen MR) is 204 cm³/mol. The minimum atomic E-state index is 0.0601. The summed E-state index contributed by atoms with van der Waals surface area (Å²) in [5, 5.41) is 2.34. The molecule has 2 heterocycles. The van der Waals surface area contributed by atoms with Crippen molar-refractivity contribution in [3.8, 4) is 0 Å². The predicted octanol–water partition coefficient (Wildman–Crippen LogP) is 12.1. The van der Waals surface area contributed by atoms with Gasteiger partial charge >= 0.3 is 0 Å². The summed E-state index contributed by atoms with van der Waals surface area (Å²) in [5.74, 6) is 1.79. The summed E-state index contributed by atoms with van der Waals surface area (Å²) in [6.07, 6.45) is 10.3. The molecule has 0 bridgehead atoms. The molecule has 0 N–H and O–H groups in total. The number of benzene rings is 4. The molecule has 6 aromatic rings. The van der Waals surface area contributed by atoms with Gasteiger partial charge in [-0.15, -0.1) is 0 Å². The van der Waals surface area contributed by atoms with Crippen LogP contribution in [0.5, 0.6) is 0 Å². The van der Waals surface area contributed by atoms with Crippen LogP contribution in [0.3, 0.4) is 0 Å². The van der Waals surface area contributed by atoms with E-state index in [0.29, 0.717) is 0 Å². The van der Waals surface area contributed by atoms with Gasteiger partial charge in [0.15, 0.2) is 0 Å². The third-order valence-electron chi connectivity index (χ3n) is 9.34. The van der Waals surface area contributed by atoms with E-state index in [1.165, 1.54) is 33.3 Å². The molecular weight excluding hydrogens is 585 g/mol. The topological polar surface area (TPSA) is 32.3 Å². The Morgan fingerprint density at radius 1 is 0.521 bits per heavy atom. The molecule has 0 saturated heterocycles. The van der Waals surface area contributed by atoms with Gasteiger partial charge in [-0.3, -0.25) is 9.80 Å². The maximum Gasteiger partial charge on any atom is 0.137 e. The van der Waals surface area contributed by atoms with E-state index in [-0.39, 0.29) is 10.8 Å². The summed E-state index contributed by atoms with van der Waals surface area (Å²) in [6, 6.07) is 39.2. The monoisotopic (exact) mass is 628 g/mol.